The number of aromatic nitrogens is 4. The zero-order valence-electron chi connectivity index (χ0n) is 11.5. The molecule has 1 saturated carbocycles. The third kappa shape index (κ3) is 2.15. The van der Waals surface area contributed by atoms with E-state index < -0.39 is 5.82 Å². The van der Waals surface area contributed by atoms with Gasteiger partial charge in [-0.1, -0.05) is 19.3 Å². The van der Waals surface area contributed by atoms with Gasteiger partial charge in [0, 0.05) is 5.56 Å². The molecule has 1 heterocycles. The van der Waals surface area contributed by atoms with Gasteiger partial charge < -0.3 is 5.73 Å². The van der Waals surface area contributed by atoms with Crippen LogP contribution in [0.2, 0.25) is 0 Å². The topological polar surface area (TPSA) is 69.6 Å². The first-order valence-corrected chi connectivity index (χ1v) is 6.94. The highest BCUT2D eigenvalue weighted by atomic mass is 19.1. The van der Waals surface area contributed by atoms with Gasteiger partial charge in [0.05, 0.1) is 11.2 Å². The fourth-order valence-corrected chi connectivity index (χ4v) is 2.92. The maximum atomic E-state index is 13.6. The van der Waals surface area contributed by atoms with Crippen molar-refractivity contribution in [3.05, 3.63) is 24.0 Å². The summed E-state index contributed by atoms with van der Waals surface area (Å²) in [5.74, 6) is 0.166. The summed E-state index contributed by atoms with van der Waals surface area (Å²) >= 11 is 0. The molecule has 20 heavy (non-hydrogen) atoms. The smallest absolute Gasteiger partial charge is 0.182 e. The Morgan fingerprint density at radius 2 is 2.00 bits per heavy atom. The fourth-order valence-electron chi connectivity index (χ4n) is 2.92. The molecular weight excluding hydrogens is 257 g/mol. The normalized spacial score (nSPS) is 18.1. The minimum Gasteiger partial charge on any atom is -0.396 e. The second kappa shape index (κ2) is 4.85. The minimum atomic E-state index is -0.439. The van der Waals surface area contributed by atoms with Crippen LogP contribution in [-0.2, 0) is 5.54 Å². The molecule has 5 nitrogen and oxygen atoms in total. The number of nitrogen functional groups attached to an aromatic ring is 1. The van der Waals surface area contributed by atoms with Crippen LogP contribution in [0.5, 0.6) is 0 Å². The predicted octanol–water partition coefficient (Wildman–Crippen LogP) is 2.74. The lowest BCUT2D eigenvalue weighted by Gasteiger charge is -2.33. The lowest BCUT2D eigenvalue weighted by Crippen LogP contribution is -2.34. The molecule has 0 saturated heterocycles. The molecule has 106 valence electrons. The van der Waals surface area contributed by atoms with Crippen LogP contribution in [0.1, 0.15) is 39.0 Å². The van der Waals surface area contributed by atoms with Gasteiger partial charge in [0.15, 0.2) is 5.82 Å². The average Bonchev–Trinajstić information content (AvgIpc) is 2.93. The summed E-state index contributed by atoms with van der Waals surface area (Å²) in [7, 11) is 0. The monoisotopic (exact) mass is 275 g/mol. The van der Waals surface area contributed by atoms with Crippen LogP contribution in [0.25, 0.3) is 11.4 Å². The zero-order valence-corrected chi connectivity index (χ0v) is 11.5. The van der Waals surface area contributed by atoms with E-state index in [0.717, 1.165) is 12.8 Å². The quantitative estimate of drug-likeness (QED) is 0.855. The largest absolute Gasteiger partial charge is 0.396 e. The van der Waals surface area contributed by atoms with Gasteiger partial charge in [-0.15, -0.1) is 5.10 Å². The number of rotatable bonds is 2. The summed E-state index contributed by atoms with van der Waals surface area (Å²) in [6.45, 7) is 2.17. The van der Waals surface area contributed by atoms with E-state index in [2.05, 4.69) is 22.4 Å². The minimum absolute atomic E-state index is 0.0883. The molecule has 0 amide bonds. The van der Waals surface area contributed by atoms with Crippen molar-refractivity contribution in [3.8, 4) is 11.4 Å². The van der Waals surface area contributed by atoms with Gasteiger partial charge in [-0.25, -0.2) is 9.07 Å². The van der Waals surface area contributed by atoms with Crippen LogP contribution in [-0.4, -0.2) is 20.2 Å². The molecule has 0 atom stereocenters. The zero-order chi connectivity index (χ0) is 14.2. The molecule has 0 unspecified atom stereocenters. The average molecular weight is 275 g/mol. The van der Waals surface area contributed by atoms with Gasteiger partial charge in [-0.2, -0.15) is 0 Å². The first kappa shape index (κ1) is 13.0. The molecule has 1 aliphatic rings. The molecule has 1 fully saturated rings. The lowest BCUT2D eigenvalue weighted by atomic mass is 9.83. The Balaban J connectivity index is 2.03. The van der Waals surface area contributed by atoms with E-state index in [-0.39, 0.29) is 11.2 Å². The molecule has 2 N–H and O–H groups in total. The Morgan fingerprint density at radius 1 is 1.25 bits per heavy atom. The summed E-state index contributed by atoms with van der Waals surface area (Å²) in [5.41, 5.74) is 6.22. The maximum Gasteiger partial charge on any atom is 0.182 e. The van der Waals surface area contributed by atoms with Crippen molar-refractivity contribution in [2.24, 2.45) is 0 Å². The van der Waals surface area contributed by atoms with Crippen molar-refractivity contribution < 1.29 is 4.39 Å². The van der Waals surface area contributed by atoms with Crippen molar-refractivity contribution in [2.75, 3.05) is 5.73 Å². The number of hydrogen-bond donors (Lipinski definition) is 1. The van der Waals surface area contributed by atoms with Gasteiger partial charge >= 0.3 is 0 Å². The third-order valence-corrected chi connectivity index (χ3v) is 4.17. The van der Waals surface area contributed by atoms with Gasteiger partial charge in [0.25, 0.3) is 0 Å². The highest BCUT2D eigenvalue weighted by Gasteiger charge is 2.32. The molecule has 6 heteroatoms. The van der Waals surface area contributed by atoms with Gasteiger partial charge in [-0.05, 0) is 48.4 Å². The molecular formula is C14H18FN5. The fraction of sp³-hybridized carbons (Fsp3) is 0.500. The van der Waals surface area contributed by atoms with E-state index in [1.807, 2.05) is 4.68 Å². The van der Waals surface area contributed by atoms with E-state index in [9.17, 15) is 4.39 Å². The van der Waals surface area contributed by atoms with Crippen molar-refractivity contribution in [2.45, 2.75) is 44.6 Å². The number of tetrazole rings is 1. The third-order valence-electron chi connectivity index (χ3n) is 4.17. The number of halogens is 1. The molecule has 3 rings (SSSR count). The van der Waals surface area contributed by atoms with Crippen LogP contribution < -0.4 is 5.73 Å². The molecule has 0 bridgehead atoms. The SMILES string of the molecule is CC1(n2nnnc2-c2ccc(N)c(F)c2)CCCCC1. The Hall–Kier alpha value is -1.98. The Labute approximate surface area is 117 Å². The second-order valence-electron chi connectivity index (χ2n) is 5.71. The van der Waals surface area contributed by atoms with E-state index >= 15 is 0 Å². The first-order chi connectivity index (χ1) is 9.60. The second-order valence-corrected chi connectivity index (χ2v) is 5.71. The van der Waals surface area contributed by atoms with Gasteiger partial charge in [0.2, 0.25) is 0 Å². The number of nitrogens with zero attached hydrogens (tertiary/aromatic N) is 4. The van der Waals surface area contributed by atoms with Crippen LogP contribution in [0, 0.1) is 5.82 Å². The van der Waals surface area contributed by atoms with Crippen molar-refractivity contribution in [3.63, 3.8) is 0 Å². The summed E-state index contributed by atoms with van der Waals surface area (Å²) in [6.07, 6.45) is 5.69. The van der Waals surface area contributed by atoms with Crippen LogP contribution >= 0.6 is 0 Å². The van der Waals surface area contributed by atoms with Crippen LogP contribution in [0.3, 0.4) is 0 Å². The lowest BCUT2D eigenvalue weighted by molar-refractivity contribution is 0.197. The number of anilines is 1. The Kier molecular flexibility index (Phi) is 3.16. The van der Waals surface area contributed by atoms with Gasteiger partial charge in [0.1, 0.15) is 5.82 Å². The maximum absolute atomic E-state index is 13.6. The summed E-state index contributed by atoms with van der Waals surface area (Å²) in [5, 5.41) is 12.0. The molecule has 0 spiro atoms. The molecule has 1 aliphatic carbocycles. The van der Waals surface area contributed by atoms with Crippen LogP contribution in [0.4, 0.5) is 10.1 Å². The highest BCUT2D eigenvalue weighted by Crippen LogP contribution is 2.36. The molecule has 1 aromatic heterocycles. The van der Waals surface area contributed by atoms with E-state index in [1.165, 1.54) is 25.3 Å². The molecule has 2 aromatic rings. The first-order valence-electron chi connectivity index (χ1n) is 6.94. The van der Waals surface area contributed by atoms with E-state index in [0.29, 0.717) is 11.4 Å². The Morgan fingerprint density at radius 3 is 2.70 bits per heavy atom. The van der Waals surface area contributed by atoms with Crippen molar-refractivity contribution >= 4 is 5.69 Å². The number of hydrogen-bond acceptors (Lipinski definition) is 4. The molecule has 0 aliphatic heterocycles. The summed E-state index contributed by atoms with van der Waals surface area (Å²) in [4.78, 5) is 0. The van der Waals surface area contributed by atoms with E-state index in [4.69, 9.17) is 5.73 Å². The van der Waals surface area contributed by atoms with Crippen molar-refractivity contribution in [1.29, 1.82) is 0 Å². The standard InChI is InChI=1S/C14H18FN5/c1-14(7-3-2-4-8-14)20-13(17-18-19-20)10-5-6-12(16)11(15)9-10/h5-6,9H,2-4,7-8,16H2,1H3. The predicted molar refractivity (Wildman–Crippen MR) is 74.4 cm³/mol. The molecule has 0 radical (unpaired) electrons. The number of nitrogens with two attached hydrogens (primary N) is 1. The van der Waals surface area contributed by atoms with Crippen molar-refractivity contribution in [1.82, 2.24) is 20.2 Å². The number of benzene rings is 1. The van der Waals surface area contributed by atoms with Gasteiger partial charge in [-0.3, -0.25) is 0 Å². The Bertz CT molecular complexity index is 616. The van der Waals surface area contributed by atoms with E-state index in [1.54, 1.807) is 12.1 Å². The van der Waals surface area contributed by atoms with Crippen LogP contribution in [0.15, 0.2) is 18.2 Å². The highest BCUT2D eigenvalue weighted by molar-refractivity contribution is 5.59. The molecule has 1 aromatic carbocycles. The summed E-state index contributed by atoms with van der Waals surface area (Å²) in [6, 6.07) is 4.70. The summed E-state index contributed by atoms with van der Waals surface area (Å²) < 4.78 is 15.5.